The SMILES string of the molecule is CC(C)(C)c1ccc(NC(=O)O[C@H]2CO[C@@H]3[C@@H]2OC[C@@H]3Nc2nccc(-c3cccc(F)c3)n2)cc1. The molecule has 2 aromatic carbocycles. The first kappa shape index (κ1) is 24.1. The fourth-order valence-electron chi connectivity index (χ4n) is 4.43. The van der Waals surface area contributed by atoms with Crippen LogP contribution >= 0.6 is 0 Å². The summed E-state index contributed by atoms with van der Waals surface area (Å²) in [7, 11) is 0. The van der Waals surface area contributed by atoms with Gasteiger partial charge < -0.3 is 19.5 Å². The van der Waals surface area contributed by atoms with Crippen LogP contribution in [0.2, 0.25) is 0 Å². The van der Waals surface area contributed by atoms with Crippen LogP contribution in [0.5, 0.6) is 0 Å². The molecule has 0 radical (unpaired) electrons. The summed E-state index contributed by atoms with van der Waals surface area (Å²) in [5, 5.41) is 6.02. The highest BCUT2D eigenvalue weighted by molar-refractivity contribution is 5.84. The lowest BCUT2D eigenvalue weighted by atomic mass is 9.87. The number of anilines is 2. The molecule has 188 valence electrons. The molecule has 9 heteroatoms. The highest BCUT2D eigenvalue weighted by atomic mass is 19.1. The first-order valence-corrected chi connectivity index (χ1v) is 11.9. The molecule has 8 nitrogen and oxygen atoms in total. The third kappa shape index (κ3) is 5.32. The van der Waals surface area contributed by atoms with E-state index in [2.05, 4.69) is 41.4 Å². The summed E-state index contributed by atoms with van der Waals surface area (Å²) in [4.78, 5) is 21.3. The number of nitrogens with zero attached hydrogens (tertiary/aromatic N) is 2. The molecule has 4 atom stereocenters. The fourth-order valence-corrected chi connectivity index (χ4v) is 4.43. The molecule has 1 amide bonds. The minimum Gasteiger partial charge on any atom is -0.441 e. The smallest absolute Gasteiger partial charge is 0.412 e. The highest BCUT2D eigenvalue weighted by Gasteiger charge is 2.49. The van der Waals surface area contributed by atoms with E-state index >= 15 is 0 Å². The van der Waals surface area contributed by atoms with Gasteiger partial charge in [0.05, 0.1) is 24.9 Å². The molecule has 0 saturated carbocycles. The van der Waals surface area contributed by atoms with Gasteiger partial charge in [0.1, 0.15) is 18.0 Å². The van der Waals surface area contributed by atoms with Crippen LogP contribution in [0.1, 0.15) is 26.3 Å². The minimum absolute atomic E-state index is 0.0332. The van der Waals surface area contributed by atoms with Gasteiger partial charge in [-0.2, -0.15) is 0 Å². The molecule has 2 aliphatic heterocycles. The number of nitrogens with one attached hydrogen (secondary N) is 2. The molecule has 2 fully saturated rings. The Labute approximate surface area is 209 Å². The number of hydrogen-bond donors (Lipinski definition) is 2. The third-order valence-electron chi connectivity index (χ3n) is 6.35. The number of carbonyl (C=O) groups excluding carboxylic acids is 1. The van der Waals surface area contributed by atoms with E-state index in [1.54, 1.807) is 24.4 Å². The van der Waals surface area contributed by atoms with Crippen molar-refractivity contribution >= 4 is 17.7 Å². The number of benzene rings is 2. The molecule has 36 heavy (non-hydrogen) atoms. The van der Waals surface area contributed by atoms with E-state index in [1.165, 1.54) is 17.7 Å². The number of rotatable bonds is 5. The minimum atomic E-state index is -0.557. The lowest BCUT2D eigenvalue weighted by Crippen LogP contribution is -2.38. The van der Waals surface area contributed by atoms with E-state index in [4.69, 9.17) is 14.2 Å². The molecule has 2 aliphatic rings. The van der Waals surface area contributed by atoms with Gasteiger partial charge in [-0.25, -0.2) is 19.2 Å². The Balaban J connectivity index is 1.17. The summed E-state index contributed by atoms with van der Waals surface area (Å²) in [6.07, 6.45) is -0.199. The van der Waals surface area contributed by atoms with E-state index in [9.17, 15) is 9.18 Å². The molecule has 0 bridgehead atoms. The molecule has 2 saturated heterocycles. The average molecular weight is 493 g/mol. The Morgan fingerprint density at radius 2 is 1.83 bits per heavy atom. The second-order valence-electron chi connectivity index (χ2n) is 10.0. The summed E-state index contributed by atoms with van der Waals surface area (Å²) in [6.45, 7) is 6.98. The van der Waals surface area contributed by atoms with Gasteiger partial charge in [-0.1, -0.05) is 45.0 Å². The molecule has 1 aromatic heterocycles. The van der Waals surface area contributed by atoms with Crippen molar-refractivity contribution in [2.75, 3.05) is 23.8 Å². The maximum atomic E-state index is 13.6. The second kappa shape index (κ2) is 9.83. The van der Waals surface area contributed by atoms with Crippen molar-refractivity contribution in [3.8, 4) is 11.3 Å². The maximum Gasteiger partial charge on any atom is 0.412 e. The van der Waals surface area contributed by atoms with Crippen molar-refractivity contribution in [3.05, 3.63) is 72.2 Å². The van der Waals surface area contributed by atoms with Gasteiger partial charge in [-0.15, -0.1) is 0 Å². The van der Waals surface area contributed by atoms with Gasteiger partial charge in [-0.3, -0.25) is 5.32 Å². The Kier molecular flexibility index (Phi) is 6.59. The van der Waals surface area contributed by atoms with E-state index < -0.39 is 18.3 Å². The van der Waals surface area contributed by atoms with Crippen LogP contribution in [-0.2, 0) is 19.6 Å². The van der Waals surface area contributed by atoms with Gasteiger partial charge >= 0.3 is 6.09 Å². The predicted octanol–water partition coefficient (Wildman–Crippen LogP) is 4.78. The average Bonchev–Trinajstić information content (AvgIpc) is 3.42. The molecular formula is C27H29FN4O4. The number of ether oxygens (including phenoxy) is 3. The highest BCUT2D eigenvalue weighted by Crippen LogP contribution is 2.31. The van der Waals surface area contributed by atoms with E-state index in [1.807, 2.05) is 24.3 Å². The maximum absolute atomic E-state index is 13.6. The number of carbonyl (C=O) groups is 1. The van der Waals surface area contributed by atoms with Crippen molar-refractivity contribution in [2.24, 2.45) is 0 Å². The summed E-state index contributed by atoms with van der Waals surface area (Å²) >= 11 is 0. The number of aromatic nitrogens is 2. The van der Waals surface area contributed by atoms with Crippen molar-refractivity contribution in [1.29, 1.82) is 0 Å². The topological polar surface area (TPSA) is 94.6 Å². The van der Waals surface area contributed by atoms with Crippen molar-refractivity contribution in [1.82, 2.24) is 9.97 Å². The van der Waals surface area contributed by atoms with Crippen LogP contribution in [0, 0.1) is 5.82 Å². The quantitative estimate of drug-likeness (QED) is 0.530. The molecule has 0 unspecified atom stereocenters. The number of amides is 1. The van der Waals surface area contributed by atoms with Crippen LogP contribution in [0.3, 0.4) is 0 Å². The largest absolute Gasteiger partial charge is 0.441 e. The first-order chi connectivity index (χ1) is 17.3. The summed E-state index contributed by atoms with van der Waals surface area (Å²) in [5.74, 6) is 0.0550. The molecule has 3 heterocycles. The molecular weight excluding hydrogens is 463 g/mol. The van der Waals surface area contributed by atoms with Gasteiger partial charge in [0.15, 0.2) is 6.10 Å². The van der Waals surface area contributed by atoms with E-state index in [0.29, 0.717) is 29.5 Å². The zero-order valence-electron chi connectivity index (χ0n) is 20.4. The predicted molar refractivity (Wildman–Crippen MR) is 133 cm³/mol. The standard InChI is InChI=1S/C27H29FN4O4/c1-27(2,3)17-7-9-19(10-8-17)30-26(33)36-22-15-35-23-21(14-34-24(22)23)32-25-29-12-11-20(31-25)16-5-4-6-18(28)13-16/h4-13,21-24H,14-15H2,1-3H3,(H,30,33)(H,29,31,32)/t21-,22-,23-,24+/m0/s1. The Morgan fingerprint density at radius 3 is 2.58 bits per heavy atom. The summed E-state index contributed by atoms with van der Waals surface area (Å²) in [6, 6.07) is 15.4. The van der Waals surface area contributed by atoms with E-state index in [0.717, 1.165) is 0 Å². The van der Waals surface area contributed by atoms with Gasteiger partial charge in [-0.05, 0) is 41.3 Å². The Hall–Kier alpha value is -3.56. The van der Waals surface area contributed by atoms with Gasteiger partial charge in [0, 0.05) is 17.4 Å². The summed E-state index contributed by atoms with van der Waals surface area (Å²) < 4.78 is 31.0. The van der Waals surface area contributed by atoms with Crippen LogP contribution in [0.15, 0.2) is 60.8 Å². The van der Waals surface area contributed by atoms with Crippen molar-refractivity contribution in [3.63, 3.8) is 0 Å². The Morgan fingerprint density at radius 1 is 1.06 bits per heavy atom. The van der Waals surface area contributed by atoms with Gasteiger partial charge in [0.2, 0.25) is 5.95 Å². The molecule has 5 rings (SSSR count). The van der Waals surface area contributed by atoms with Crippen LogP contribution in [0.4, 0.5) is 20.8 Å². The van der Waals surface area contributed by atoms with Crippen molar-refractivity contribution in [2.45, 2.75) is 50.5 Å². The third-order valence-corrected chi connectivity index (χ3v) is 6.35. The number of halogens is 1. The fraction of sp³-hybridized carbons (Fsp3) is 0.370. The lowest BCUT2D eigenvalue weighted by molar-refractivity contribution is 0.00917. The monoisotopic (exact) mass is 492 g/mol. The number of fused-ring (bicyclic) bond motifs is 1. The Bertz CT molecular complexity index is 1230. The van der Waals surface area contributed by atoms with Crippen LogP contribution in [0.25, 0.3) is 11.3 Å². The van der Waals surface area contributed by atoms with Gasteiger partial charge in [0.25, 0.3) is 0 Å². The zero-order chi connectivity index (χ0) is 25.3. The second-order valence-corrected chi connectivity index (χ2v) is 10.0. The first-order valence-electron chi connectivity index (χ1n) is 11.9. The lowest BCUT2D eigenvalue weighted by Gasteiger charge is -2.20. The number of hydrogen-bond acceptors (Lipinski definition) is 7. The molecule has 3 aromatic rings. The van der Waals surface area contributed by atoms with Crippen LogP contribution < -0.4 is 10.6 Å². The van der Waals surface area contributed by atoms with E-state index in [-0.39, 0.29) is 30.0 Å². The normalized spacial score (nSPS) is 23.2. The van der Waals surface area contributed by atoms with Crippen LogP contribution in [-0.4, -0.2) is 53.6 Å². The summed E-state index contributed by atoms with van der Waals surface area (Å²) in [5.41, 5.74) is 3.13. The molecule has 0 aliphatic carbocycles. The zero-order valence-corrected chi connectivity index (χ0v) is 20.4. The molecule has 0 spiro atoms. The molecule has 2 N–H and O–H groups in total. The van der Waals surface area contributed by atoms with Crippen molar-refractivity contribution < 1.29 is 23.4 Å².